The molecule has 0 saturated heterocycles. The van der Waals surface area contributed by atoms with E-state index in [4.69, 9.17) is 0 Å². The molecule has 0 aromatic carbocycles. The van der Waals surface area contributed by atoms with E-state index in [1.54, 1.807) is 6.08 Å². The maximum absolute atomic E-state index is 12.0. The van der Waals surface area contributed by atoms with Crippen LogP contribution in [0.2, 0.25) is 0 Å². The number of allylic oxidation sites excluding steroid dienone is 4. The Bertz CT molecular complexity index is 373. The fourth-order valence-electron chi connectivity index (χ4n) is 1.58. The van der Waals surface area contributed by atoms with Crippen LogP contribution in [0.1, 0.15) is 54.9 Å². The summed E-state index contributed by atoms with van der Waals surface area (Å²) < 4.78 is 0. The maximum atomic E-state index is 12.0. The van der Waals surface area contributed by atoms with Crippen LogP contribution in [0, 0.1) is 16.7 Å². The molecular weight excluding hydrogens is 236 g/mol. The van der Waals surface area contributed by atoms with Crippen LogP contribution < -0.4 is 0 Å². The van der Waals surface area contributed by atoms with Crippen molar-refractivity contribution in [3.63, 3.8) is 0 Å². The Morgan fingerprint density at radius 3 is 2.00 bits per heavy atom. The van der Waals surface area contributed by atoms with Crippen LogP contribution in [-0.4, -0.2) is 12.1 Å². The van der Waals surface area contributed by atoms with Crippen molar-refractivity contribution in [2.45, 2.75) is 54.9 Å². The molecule has 0 bridgehead atoms. The van der Waals surface area contributed by atoms with Gasteiger partial charge in [0.25, 0.3) is 0 Å². The summed E-state index contributed by atoms with van der Waals surface area (Å²) in [4.78, 5) is 22.8. The number of hydrogen-bond acceptors (Lipinski definition) is 2. The highest BCUT2D eigenvalue weighted by Crippen LogP contribution is 2.28. The number of ketones is 1. The Balaban J connectivity index is 4.99. The van der Waals surface area contributed by atoms with E-state index >= 15 is 0 Å². The standard InChI is InChI=1S/C17H28O2/c1-13(15(19)8-10-16(2,3)4)12-14(9-11-18)17(5,6)7/h8,10-13H,9H2,1-7H3/b10-8+,14-12+/t13-/m1/s1. The fourth-order valence-corrected chi connectivity index (χ4v) is 1.58. The second kappa shape index (κ2) is 6.83. The molecule has 2 heteroatoms. The fraction of sp³-hybridized carbons (Fsp3) is 0.647. The van der Waals surface area contributed by atoms with Gasteiger partial charge in [-0.2, -0.15) is 0 Å². The van der Waals surface area contributed by atoms with Crippen molar-refractivity contribution in [2.75, 3.05) is 0 Å². The molecule has 0 amide bonds. The SMILES string of the molecule is C[C@H](/C=C(\CC=O)C(C)(C)C)C(=O)/C=C/C(C)(C)C. The van der Waals surface area contributed by atoms with Crippen molar-refractivity contribution >= 4 is 12.1 Å². The van der Waals surface area contributed by atoms with E-state index in [9.17, 15) is 9.59 Å². The second-order valence-corrected chi connectivity index (χ2v) is 7.20. The van der Waals surface area contributed by atoms with Crippen LogP contribution >= 0.6 is 0 Å². The first-order valence-corrected chi connectivity index (χ1v) is 6.85. The molecule has 2 nitrogen and oxygen atoms in total. The highest BCUT2D eigenvalue weighted by atomic mass is 16.1. The average molecular weight is 264 g/mol. The largest absolute Gasteiger partial charge is 0.303 e. The van der Waals surface area contributed by atoms with Gasteiger partial charge in [-0.1, -0.05) is 66.2 Å². The van der Waals surface area contributed by atoms with Crippen LogP contribution in [-0.2, 0) is 9.59 Å². The molecule has 0 rings (SSSR count). The predicted octanol–water partition coefficient (Wildman–Crippen LogP) is 4.36. The van der Waals surface area contributed by atoms with Gasteiger partial charge in [0.15, 0.2) is 5.78 Å². The first-order chi connectivity index (χ1) is 8.47. The molecule has 0 saturated carbocycles. The van der Waals surface area contributed by atoms with Gasteiger partial charge in [0.2, 0.25) is 0 Å². The molecule has 0 aromatic rings. The molecule has 108 valence electrons. The maximum Gasteiger partial charge on any atom is 0.161 e. The summed E-state index contributed by atoms with van der Waals surface area (Å²) in [6.07, 6.45) is 6.81. The number of carbonyl (C=O) groups excluding carboxylic acids is 2. The van der Waals surface area contributed by atoms with Crippen molar-refractivity contribution in [3.8, 4) is 0 Å². The van der Waals surface area contributed by atoms with E-state index in [0.717, 1.165) is 11.9 Å². The van der Waals surface area contributed by atoms with E-state index in [1.807, 2.05) is 19.1 Å². The lowest BCUT2D eigenvalue weighted by Gasteiger charge is -2.22. The van der Waals surface area contributed by atoms with Crippen LogP contribution in [0.3, 0.4) is 0 Å². The van der Waals surface area contributed by atoms with E-state index in [0.29, 0.717) is 6.42 Å². The van der Waals surface area contributed by atoms with Crippen LogP contribution in [0.4, 0.5) is 0 Å². The topological polar surface area (TPSA) is 34.1 Å². The van der Waals surface area contributed by atoms with Gasteiger partial charge in [-0.15, -0.1) is 0 Å². The zero-order valence-corrected chi connectivity index (χ0v) is 13.4. The molecule has 1 atom stereocenters. The molecule has 0 aliphatic rings. The summed E-state index contributed by atoms with van der Waals surface area (Å²) in [5.41, 5.74) is 0.949. The van der Waals surface area contributed by atoms with Crippen LogP contribution in [0.15, 0.2) is 23.8 Å². The van der Waals surface area contributed by atoms with Crippen molar-refractivity contribution in [3.05, 3.63) is 23.8 Å². The minimum absolute atomic E-state index is 0.00868. The van der Waals surface area contributed by atoms with Crippen LogP contribution in [0.5, 0.6) is 0 Å². The Hall–Kier alpha value is -1.18. The molecule has 19 heavy (non-hydrogen) atoms. The summed E-state index contributed by atoms with van der Waals surface area (Å²) in [7, 11) is 0. The Morgan fingerprint density at radius 1 is 1.11 bits per heavy atom. The van der Waals surface area contributed by atoms with E-state index in [-0.39, 0.29) is 22.5 Å². The molecule has 0 heterocycles. The zero-order chi connectivity index (χ0) is 15.3. The predicted molar refractivity (Wildman–Crippen MR) is 81.0 cm³/mol. The Morgan fingerprint density at radius 2 is 1.63 bits per heavy atom. The monoisotopic (exact) mass is 264 g/mol. The Labute approximate surface area is 118 Å². The quantitative estimate of drug-likeness (QED) is 0.420. The third-order valence-electron chi connectivity index (χ3n) is 2.91. The van der Waals surface area contributed by atoms with Crippen molar-refractivity contribution in [1.29, 1.82) is 0 Å². The molecule has 0 aliphatic carbocycles. The lowest BCUT2D eigenvalue weighted by molar-refractivity contribution is -0.116. The molecule has 0 aromatic heterocycles. The van der Waals surface area contributed by atoms with Gasteiger partial charge in [-0.05, 0) is 16.9 Å². The summed E-state index contributed by atoms with van der Waals surface area (Å²) >= 11 is 0. The minimum Gasteiger partial charge on any atom is -0.303 e. The summed E-state index contributed by atoms with van der Waals surface area (Å²) in [6, 6.07) is 0. The molecule has 0 spiro atoms. The molecular formula is C17H28O2. The van der Waals surface area contributed by atoms with Gasteiger partial charge in [-0.25, -0.2) is 0 Å². The summed E-state index contributed by atoms with van der Waals surface area (Å²) in [5.74, 6) is -0.102. The Kier molecular flexibility index (Phi) is 6.41. The van der Waals surface area contributed by atoms with Gasteiger partial charge >= 0.3 is 0 Å². The first-order valence-electron chi connectivity index (χ1n) is 6.85. The lowest BCUT2D eigenvalue weighted by Crippen LogP contribution is -2.14. The number of aldehydes is 1. The van der Waals surface area contributed by atoms with Crippen molar-refractivity contribution < 1.29 is 9.59 Å². The number of hydrogen-bond donors (Lipinski definition) is 0. The third-order valence-corrected chi connectivity index (χ3v) is 2.91. The first kappa shape index (κ1) is 17.8. The van der Waals surface area contributed by atoms with Gasteiger partial charge in [0, 0.05) is 12.3 Å². The zero-order valence-electron chi connectivity index (χ0n) is 13.4. The molecule has 0 radical (unpaired) electrons. The normalized spacial score (nSPS) is 15.6. The second-order valence-electron chi connectivity index (χ2n) is 7.20. The molecule has 0 unspecified atom stereocenters. The van der Waals surface area contributed by atoms with E-state index < -0.39 is 0 Å². The number of rotatable bonds is 5. The highest BCUT2D eigenvalue weighted by molar-refractivity contribution is 5.92. The average Bonchev–Trinajstić information content (AvgIpc) is 2.22. The van der Waals surface area contributed by atoms with Crippen LogP contribution in [0.25, 0.3) is 0 Å². The smallest absolute Gasteiger partial charge is 0.161 e. The van der Waals surface area contributed by atoms with E-state index in [1.165, 1.54) is 0 Å². The van der Waals surface area contributed by atoms with Gasteiger partial charge < -0.3 is 4.79 Å². The van der Waals surface area contributed by atoms with Gasteiger partial charge in [0.05, 0.1) is 0 Å². The summed E-state index contributed by atoms with van der Waals surface area (Å²) in [6.45, 7) is 14.2. The van der Waals surface area contributed by atoms with Gasteiger partial charge in [0.1, 0.15) is 6.29 Å². The molecule has 0 aliphatic heterocycles. The summed E-state index contributed by atoms with van der Waals surface area (Å²) in [5, 5.41) is 0. The van der Waals surface area contributed by atoms with Crippen molar-refractivity contribution in [2.24, 2.45) is 16.7 Å². The van der Waals surface area contributed by atoms with Gasteiger partial charge in [-0.3, -0.25) is 4.79 Å². The lowest BCUT2D eigenvalue weighted by atomic mass is 9.82. The minimum atomic E-state index is -0.187. The van der Waals surface area contributed by atoms with Crippen molar-refractivity contribution in [1.82, 2.24) is 0 Å². The number of carbonyl (C=O) groups is 2. The molecule has 0 N–H and O–H groups in total. The third kappa shape index (κ3) is 7.76. The highest BCUT2D eigenvalue weighted by Gasteiger charge is 2.19. The van der Waals surface area contributed by atoms with E-state index in [2.05, 4.69) is 41.5 Å². The molecule has 0 fully saturated rings.